The van der Waals surface area contributed by atoms with Gasteiger partial charge in [0.25, 0.3) is 0 Å². The zero-order valence-electron chi connectivity index (χ0n) is 13.8. The van der Waals surface area contributed by atoms with Crippen molar-refractivity contribution in [1.82, 2.24) is 5.32 Å². The molecule has 0 amide bonds. The minimum Gasteiger partial charge on any atom is -0.469 e. The molecule has 2 aliphatic carbocycles. The summed E-state index contributed by atoms with van der Waals surface area (Å²) in [7, 11) is 1.50. The second-order valence-corrected chi connectivity index (χ2v) is 8.08. The maximum Gasteiger partial charge on any atom is 0.306 e. The van der Waals surface area contributed by atoms with Crippen LogP contribution < -0.4 is 5.32 Å². The molecule has 0 aromatic carbocycles. The summed E-state index contributed by atoms with van der Waals surface area (Å²) in [5.74, 6) is 1.99. The van der Waals surface area contributed by atoms with E-state index >= 15 is 0 Å². The van der Waals surface area contributed by atoms with Gasteiger partial charge < -0.3 is 10.1 Å². The van der Waals surface area contributed by atoms with Crippen LogP contribution in [0.4, 0.5) is 0 Å². The van der Waals surface area contributed by atoms with Crippen molar-refractivity contribution in [2.45, 2.75) is 70.1 Å². The number of nitrogens with one attached hydrogen (secondary N) is 1. The molecule has 0 spiro atoms. The molecule has 0 heterocycles. The highest BCUT2D eigenvalue weighted by Crippen LogP contribution is 2.52. The molecule has 2 saturated carbocycles. The Bertz CT molecular complexity index is 344. The molecule has 122 valence electrons. The number of methoxy groups -OCH3 is 1. The number of carbonyl (C=O) groups is 1. The molecule has 0 saturated heterocycles. The van der Waals surface area contributed by atoms with Crippen LogP contribution in [0.2, 0.25) is 0 Å². The van der Waals surface area contributed by atoms with Crippen LogP contribution in [0, 0.1) is 11.3 Å². The maximum atomic E-state index is 11.5. The summed E-state index contributed by atoms with van der Waals surface area (Å²) >= 11 is 2.12. The third-order valence-electron chi connectivity index (χ3n) is 5.25. The zero-order valence-corrected chi connectivity index (χ0v) is 14.6. The molecular weight excluding hydrogens is 282 g/mol. The minimum absolute atomic E-state index is 0.0357. The molecule has 2 aliphatic rings. The molecule has 0 aliphatic heterocycles. The summed E-state index contributed by atoms with van der Waals surface area (Å²) in [6.45, 7) is 5.58. The first-order valence-electron chi connectivity index (χ1n) is 8.54. The van der Waals surface area contributed by atoms with E-state index in [9.17, 15) is 4.79 Å². The van der Waals surface area contributed by atoms with Crippen molar-refractivity contribution >= 4 is 17.7 Å². The Labute approximate surface area is 134 Å². The second kappa shape index (κ2) is 7.87. The van der Waals surface area contributed by atoms with Gasteiger partial charge in [-0.05, 0) is 55.7 Å². The number of hydrogen-bond donors (Lipinski definition) is 1. The molecule has 2 rings (SSSR count). The summed E-state index contributed by atoms with van der Waals surface area (Å²) in [5, 5.41) is 4.40. The Kier molecular flexibility index (Phi) is 6.42. The lowest BCUT2D eigenvalue weighted by Crippen LogP contribution is -2.43. The third-order valence-corrected chi connectivity index (χ3v) is 6.98. The molecule has 4 heteroatoms. The summed E-state index contributed by atoms with van der Waals surface area (Å²) in [6, 6.07) is 0.664. The first-order valence-corrected chi connectivity index (χ1v) is 9.59. The van der Waals surface area contributed by atoms with E-state index in [1.807, 2.05) is 0 Å². The third kappa shape index (κ3) is 4.88. The fourth-order valence-electron chi connectivity index (χ4n) is 3.47. The van der Waals surface area contributed by atoms with Gasteiger partial charge in [-0.3, -0.25) is 4.79 Å². The normalized spacial score (nSPS) is 30.9. The summed E-state index contributed by atoms with van der Waals surface area (Å²) in [4.78, 5) is 11.5. The summed E-state index contributed by atoms with van der Waals surface area (Å²) in [6.07, 6.45) is 8.35. The Morgan fingerprint density at radius 3 is 2.67 bits per heavy atom. The van der Waals surface area contributed by atoms with Gasteiger partial charge in [0.2, 0.25) is 0 Å². The minimum atomic E-state index is -0.0357. The Morgan fingerprint density at radius 1 is 1.33 bits per heavy atom. The zero-order chi connectivity index (χ0) is 15.3. The molecule has 3 nitrogen and oxygen atoms in total. The predicted molar refractivity (Wildman–Crippen MR) is 89.6 cm³/mol. The first-order chi connectivity index (χ1) is 10.1. The van der Waals surface area contributed by atoms with Crippen molar-refractivity contribution in [3.8, 4) is 0 Å². The van der Waals surface area contributed by atoms with Gasteiger partial charge in [0.05, 0.1) is 13.5 Å². The highest BCUT2D eigenvalue weighted by atomic mass is 32.2. The number of rotatable bonds is 8. The average molecular weight is 314 g/mol. The average Bonchev–Trinajstić information content (AvgIpc) is 3.26. The van der Waals surface area contributed by atoms with Gasteiger partial charge in [0.1, 0.15) is 0 Å². The van der Waals surface area contributed by atoms with Crippen LogP contribution >= 0.6 is 11.8 Å². The van der Waals surface area contributed by atoms with Gasteiger partial charge in [-0.2, -0.15) is 11.8 Å². The quantitative estimate of drug-likeness (QED) is 0.695. The van der Waals surface area contributed by atoms with E-state index in [1.54, 1.807) is 0 Å². The maximum absolute atomic E-state index is 11.5. The topological polar surface area (TPSA) is 38.3 Å². The molecular formula is C17H31NO2S. The number of thioether (sulfide) groups is 1. The fourth-order valence-corrected chi connectivity index (χ4v) is 5.30. The molecule has 0 aromatic rings. The molecule has 1 N–H and O–H groups in total. The second-order valence-electron chi connectivity index (χ2n) is 6.85. The lowest BCUT2D eigenvalue weighted by atomic mass is 9.84. The van der Waals surface area contributed by atoms with Crippen LogP contribution in [0.25, 0.3) is 0 Å². The van der Waals surface area contributed by atoms with Crippen molar-refractivity contribution in [3.05, 3.63) is 0 Å². The van der Waals surface area contributed by atoms with Crippen molar-refractivity contribution in [3.63, 3.8) is 0 Å². The van der Waals surface area contributed by atoms with Gasteiger partial charge in [-0.25, -0.2) is 0 Å². The van der Waals surface area contributed by atoms with Crippen LogP contribution in [-0.2, 0) is 9.53 Å². The number of hydrogen-bond acceptors (Lipinski definition) is 4. The van der Waals surface area contributed by atoms with Crippen molar-refractivity contribution in [2.75, 3.05) is 19.4 Å². The molecule has 3 atom stereocenters. The van der Waals surface area contributed by atoms with E-state index in [0.717, 1.165) is 23.5 Å². The number of carbonyl (C=O) groups excluding carboxylic acids is 1. The van der Waals surface area contributed by atoms with Gasteiger partial charge in [0.15, 0.2) is 0 Å². The van der Waals surface area contributed by atoms with E-state index < -0.39 is 0 Å². The Hall–Kier alpha value is -0.220. The molecule has 3 unspecified atom stereocenters. The van der Waals surface area contributed by atoms with Crippen LogP contribution in [0.15, 0.2) is 0 Å². The van der Waals surface area contributed by atoms with Gasteiger partial charge in [0, 0.05) is 11.3 Å². The van der Waals surface area contributed by atoms with Gasteiger partial charge in [-0.15, -0.1) is 0 Å². The van der Waals surface area contributed by atoms with Crippen molar-refractivity contribution < 1.29 is 9.53 Å². The van der Waals surface area contributed by atoms with E-state index in [-0.39, 0.29) is 11.4 Å². The number of esters is 1. The van der Waals surface area contributed by atoms with E-state index in [0.29, 0.717) is 12.5 Å². The first kappa shape index (κ1) is 17.1. The van der Waals surface area contributed by atoms with Gasteiger partial charge in [-0.1, -0.05) is 20.3 Å². The summed E-state index contributed by atoms with van der Waals surface area (Å²) < 4.78 is 4.85. The fraction of sp³-hybridized carbons (Fsp3) is 0.941. The monoisotopic (exact) mass is 313 g/mol. The van der Waals surface area contributed by atoms with E-state index in [4.69, 9.17) is 4.74 Å². The van der Waals surface area contributed by atoms with Crippen LogP contribution in [0.5, 0.6) is 0 Å². The predicted octanol–water partition coefficient (Wildman–Crippen LogP) is 3.62. The van der Waals surface area contributed by atoms with E-state index in [1.165, 1.54) is 45.6 Å². The van der Waals surface area contributed by atoms with Crippen molar-refractivity contribution in [2.24, 2.45) is 11.3 Å². The van der Waals surface area contributed by atoms with Crippen LogP contribution in [-0.4, -0.2) is 36.7 Å². The van der Waals surface area contributed by atoms with Crippen molar-refractivity contribution in [1.29, 1.82) is 0 Å². The van der Waals surface area contributed by atoms with Crippen LogP contribution in [0.1, 0.15) is 58.8 Å². The summed E-state index contributed by atoms with van der Waals surface area (Å²) in [5.41, 5.74) is 0.258. The highest BCUT2D eigenvalue weighted by Gasteiger charge is 2.45. The Balaban J connectivity index is 1.85. The van der Waals surface area contributed by atoms with E-state index in [2.05, 4.69) is 30.9 Å². The largest absolute Gasteiger partial charge is 0.469 e. The van der Waals surface area contributed by atoms with Crippen LogP contribution in [0.3, 0.4) is 0 Å². The molecule has 0 radical (unpaired) electrons. The smallest absolute Gasteiger partial charge is 0.306 e. The molecule has 0 bridgehead atoms. The lowest BCUT2D eigenvalue weighted by molar-refractivity contribution is -0.141. The Morgan fingerprint density at radius 2 is 2.10 bits per heavy atom. The SMILES string of the molecule is CCNC1CCC(CC)CC1SCC1(CC(=O)OC)CC1. The standard InChI is InChI=1S/C17H31NO2S/c1-4-13-6-7-14(18-5-2)15(10-13)21-12-17(8-9-17)11-16(19)20-3/h13-15,18H,4-12H2,1-3H3. The number of ether oxygens (including phenoxy) is 1. The highest BCUT2D eigenvalue weighted by molar-refractivity contribution is 8.00. The van der Waals surface area contributed by atoms with Gasteiger partial charge >= 0.3 is 5.97 Å². The lowest BCUT2D eigenvalue weighted by Gasteiger charge is -2.36. The molecule has 0 aromatic heterocycles. The molecule has 2 fully saturated rings. The molecule has 21 heavy (non-hydrogen) atoms.